The summed E-state index contributed by atoms with van der Waals surface area (Å²) < 4.78 is 0. The molecule has 15 heavy (non-hydrogen) atoms. The summed E-state index contributed by atoms with van der Waals surface area (Å²) in [6.07, 6.45) is 8.95. The van der Waals surface area contributed by atoms with E-state index in [4.69, 9.17) is 0 Å². The van der Waals surface area contributed by atoms with Gasteiger partial charge in [0.15, 0.2) is 0 Å². The molecule has 1 aliphatic heterocycles. The highest BCUT2D eigenvalue weighted by Gasteiger charge is 2.19. The van der Waals surface area contributed by atoms with Crippen LogP contribution in [0.5, 0.6) is 0 Å². The van der Waals surface area contributed by atoms with Gasteiger partial charge in [-0.1, -0.05) is 24.3 Å². The van der Waals surface area contributed by atoms with Crippen molar-refractivity contribution in [1.29, 1.82) is 0 Å². The zero-order valence-electron chi connectivity index (χ0n) is 8.40. The van der Waals surface area contributed by atoms with Crippen LogP contribution in [0, 0.1) is 0 Å². The molecule has 1 aromatic rings. The number of fused-ring (bicyclic) bond motifs is 3. The van der Waals surface area contributed by atoms with Crippen LogP contribution in [0.2, 0.25) is 0 Å². The molecule has 0 amide bonds. The fourth-order valence-corrected chi connectivity index (χ4v) is 2.11. The van der Waals surface area contributed by atoms with Crippen molar-refractivity contribution in [1.82, 2.24) is 0 Å². The van der Waals surface area contributed by atoms with Crippen LogP contribution in [-0.2, 0) is 6.42 Å². The van der Waals surface area contributed by atoms with Gasteiger partial charge in [-0.05, 0) is 35.3 Å². The molecule has 1 heteroatoms. The Morgan fingerprint density at radius 1 is 1.33 bits per heavy atom. The van der Waals surface area contributed by atoms with E-state index in [9.17, 15) is 0 Å². The number of allylic oxidation sites excluding steroid dienone is 3. The van der Waals surface area contributed by atoms with Crippen LogP contribution in [0.25, 0.3) is 11.6 Å². The van der Waals surface area contributed by atoms with Gasteiger partial charge in [-0.15, -0.1) is 6.58 Å². The van der Waals surface area contributed by atoms with E-state index in [0.29, 0.717) is 0 Å². The topological polar surface area (TPSA) is 12.4 Å². The molecule has 72 valence electrons. The van der Waals surface area contributed by atoms with E-state index < -0.39 is 0 Å². The summed E-state index contributed by atoms with van der Waals surface area (Å²) in [6.45, 7) is 3.76. The first-order chi connectivity index (χ1) is 7.38. The first-order valence-electron chi connectivity index (χ1n) is 5.09. The first kappa shape index (κ1) is 8.42. The number of benzene rings is 1. The molecule has 0 radical (unpaired) electrons. The summed E-state index contributed by atoms with van der Waals surface area (Å²) in [5.74, 6) is 0. The highest BCUT2D eigenvalue weighted by Crippen LogP contribution is 2.38. The standard InChI is InChI=1S/C14H11N/c1-2-3-10-4-5-12-11(8-10)9-14-13(12)6-7-15-14/h2,4-9H,1,3H2. The van der Waals surface area contributed by atoms with Gasteiger partial charge in [0.05, 0.1) is 5.70 Å². The maximum atomic E-state index is 4.31. The van der Waals surface area contributed by atoms with Crippen molar-refractivity contribution in [3.63, 3.8) is 0 Å². The molecule has 3 rings (SSSR count). The van der Waals surface area contributed by atoms with Gasteiger partial charge in [0.2, 0.25) is 0 Å². The van der Waals surface area contributed by atoms with Crippen molar-refractivity contribution in [3.05, 3.63) is 59.3 Å². The van der Waals surface area contributed by atoms with E-state index >= 15 is 0 Å². The Labute approximate surface area is 89.2 Å². The summed E-state index contributed by atoms with van der Waals surface area (Å²) in [5, 5.41) is 0. The molecular weight excluding hydrogens is 182 g/mol. The quantitative estimate of drug-likeness (QED) is 0.639. The van der Waals surface area contributed by atoms with Crippen molar-refractivity contribution < 1.29 is 0 Å². The molecular formula is C14H11N. The molecule has 1 heterocycles. The number of aliphatic imine (C=N–C) groups is 1. The molecule has 1 aromatic carbocycles. The molecule has 0 N–H and O–H groups in total. The molecule has 0 unspecified atom stereocenters. The maximum absolute atomic E-state index is 4.31. The van der Waals surface area contributed by atoms with E-state index in [-0.39, 0.29) is 0 Å². The summed E-state index contributed by atoms with van der Waals surface area (Å²) >= 11 is 0. The lowest BCUT2D eigenvalue weighted by atomic mass is 10.0. The van der Waals surface area contributed by atoms with Gasteiger partial charge in [-0.2, -0.15) is 0 Å². The van der Waals surface area contributed by atoms with Crippen molar-refractivity contribution in [2.45, 2.75) is 6.42 Å². The fraction of sp³-hybridized carbons (Fsp3) is 0.0714. The predicted molar refractivity (Wildman–Crippen MR) is 64.8 cm³/mol. The lowest BCUT2D eigenvalue weighted by Gasteiger charge is -2.02. The average molecular weight is 193 g/mol. The minimum atomic E-state index is 0.929. The summed E-state index contributed by atoms with van der Waals surface area (Å²) in [4.78, 5) is 4.31. The SMILES string of the molecule is C=CCc1ccc2c(c1)C=C1N=CC=C12. The first-order valence-corrected chi connectivity index (χ1v) is 5.09. The second kappa shape index (κ2) is 3.06. The third-order valence-corrected chi connectivity index (χ3v) is 2.81. The summed E-state index contributed by atoms with van der Waals surface area (Å²) in [6, 6.07) is 6.56. The largest absolute Gasteiger partial charge is 0.256 e. The zero-order chi connectivity index (χ0) is 10.3. The van der Waals surface area contributed by atoms with Crippen LogP contribution in [0.15, 0.2) is 47.6 Å². The molecule has 0 fully saturated rings. The maximum Gasteiger partial charge on any atom is 0.0714 e. The lowest BCUT2D eigenvalue weighted by molar-refractivity contribution is 1.27. The Kier molecular flexibility index (Phi) is 1.72. The van der Waals surface area contributed by atoms with Gasteiger partial charge in [0.25, 0.3) is 0 Å². The highest BCUT2D eigenvalue weighted by molar-refractivity contribution is 6.05. The summed E-state index contributed by atoms with van der Waals surface area (Å²) in [5.41, 5.74) is 6.25. The van der Waals surface area contributed by atoms with Crippen LogP contribution in [-0.4, -0.2) is 6.21 Å². The van der Waals surface area contributed by atoms with E-state index in [1.54, 1.807) is 0 Å². The number of nitrogens with zero attached hydrogens (tertiary/aromatic N) is 1. The molecule has 0 saturated carbocycles. The van der Waals surface area contributed by atoms with Gasteiger partial charge in [0, 0.05) is 11.8 Å². The van der Waals surface area contributed by atoms with Gasteiger partial charge >= 0.3 is 0 Å². The Morgan fingerprint density at radius 3 is 3.13 bits per heavy atom. The van der Waals surface area contributed by atoms with Crippen LogP contribution < -0.4 is 0 Å². The van der Waals surface area contributed by atoms with Crippen molar-refractivity contribution in [2.75, 3.05) is 0 Å². The molecule has 1 aliphatic carbocycles. The lowest BCUT2D eigenvalue weighted by Crippen LogP contribution is -1.86. The molecule has 0 saturated heterocycles. The molecule has 0 atom stereocenters. The Bertz CT molecular complexity index is 530. The second-order valence-electron chi connectivity index (χ2n) is 3.80. The van der Waals surface area contributed by atoms with Crippen LogP contribution in [0.3, 0.4) is 0 Å². The number of rotatable bonds is 2. The highest BCUT2D eigenvalue weighted by atomic mass is 14.8. The van der Waals surface area contributed by atoms with Gasteiger partial charge in [-0.3, -0.25) is 4.99 Å². The average Bonchev–Trinajstić information content (AvgIpc) is 2.77. The van der Waals surface area contributed by atoms with E-state index in [2.05, 4.69) is 41.9 Å². The minimum Gasteiger partial charge on any atom is -0.256 e. The monoisotopic (exact) mass is 193 g/mol. The fourth-order valence-electron chi connectivity index (χ4n) is 2.11. The van der Waals surface area contributed by atoms with Gasteiger partial charge in [0.1, 0.15) is 0 Å². The smallest absolute Gasteiger partial charge is 0.0714 e. The summed E-state index contributed by atoms with van der Waals surface area (Å²) in [7, 11) is 0. The molecule has 0 spiro atoms. The van der Waals surface area contributed by atoms with E-state index in [1.165, 1.54) is 22.3 Å². The Hall–Kier alpha value is -1.89. The molecule has 0 bridgehead atoms. The van der Waals surface area contributed by atoms with Crippen LogP contribution in [0.4, 0.5) is 0 Å². The normalized spacial score (nSPS) is 15.7. The Morgan fingerprint density at radius 2 is 2.27 bits per heavy atom. The third-order valence-electron chi connectivity index (χ3n) is 2.81. The minimum absolute atomic E-state index is 0.929. The molecule has 2 aliphatic rings. The molecule has 0 aromatic heterocycles. The number of hydrogen-bond acceptors (Lipinski definition) is 1. The van der Waals surface area contributed by atoms with E-state index in [0.717, 1.165) is 12.1 Å². The number of hydrogen-bond donors (Lipinski definition) is 0. The predicted octanol–water partition coefficient (Wildman–Crippen LogP) is 3.24. The second-order valence-corrected chi connectivity index (χ2v) is 3.80. The zero-order valence-corrected chi connectivity index (χ0v) is 8.40. The van der Waals surface area contributed by atoms with Crippen molar-refractivity contribution in [2.24, 2.45) is 4.99 Å². The van der Waals surface area contributed by atoms with Crippen molar-refractivity contribution >= 4 is 17.9 Å². The van der Waals surface area contributed by atoms with E-state index in [1.807, 2.05) is 12.3 Å². The van der Waals surface area contributed by atoms with Crippen molar-refractivity contribution in [3.8, 4) is 0 Å². The third kappa shape index (κ3) is 1.20. The van der Waals surface area contributed by atoms with Crippen LogP contribution >= 0.6 is 0 Å². The Balaban J connectivity index is 2.10. The van der Waals surface area contributed by atoms with Gasteiger partial charge < -0.3 is 0 Å². The van der Waals surface area contributed by atoms with Gasteiger partial charge in [-0.25, -0.2) is 0 Å². The molecule has 1 nitrogen and oxygen atoms in total. The van der Waals surface area contributed by atoms with Crippen LogP contribution in [0.1, 0.15) is 16.7 Å².